The average Bonchev–Trinajstić information content (AvgIpc) is 2.19. The van der Waals surface area contributed by atoms with Gasteiger partial charge in [0.25, 0.3) is 0 Å². The van der Waals surface area contributed by atoms with Crippen LogP contribution in [0.15, 0.2) is 21.6 Å². The number of esters is 1. The van der Waals surface area contributed by atoms with Crippen molar-refractivity contribution in [2.45, 2.75) is 0 Å². The van der Waals surface area contributed by atoms with Crippen LogP contribution in [0.25, 0.3) is 20.9 Å². The molecule has 0 aromatic heterocycles. The van der Waals surface area contributed by atoms with Gasteiger partial charge in [-0.3, -0.25) is 0 Å². The molecule has 0 spiro atoms. The van der Waals surface area contributed by atoms with Crippen LogP contribution in [0.4, 0.5) is 0 Å². The van der Waals surface area contributed by atoms with Gasteiger partial charge in [-0.15, -0.1) is 0 Å². The number of carbonyl (C=O) groups is 1. The van der Waals surface area contributed by atoms with E-state index in [1.165, 1.54) is 6.07 Å². The molecule has 0 aliphatic carbocycles. The van der Waals surface area contributed by atoms with Gasteiger partial charge in [0.1, 0.15) is 17.5 Å². The summed E-state index contributed by atoms with van der Waals surface area (Å²) in [7, 11) is 1.03. The lowest BCUT2D eigenvalue weighted by Crippen LogP contribution is -2.04. The summed E-state index contributed by atoms with van der Waals surface area (Å²) in [5.74, 6) is -1.70. The highest BCUT2D eigenvalue weighted by Crippen LogP contribution is 2.09. The van der Waals surface area contributed by atoms with Crippen molar-refractivity contribution in [3.63, 3.8) is 0 Å². The van der Waals surface area contributed by atoms with Crippen molar-refractivity contribution in [1.82, 2.24) is 0 Å². The molecule has 0 aromatic carbocycles. The summed E-state index contributed by atoms with van der Waals surface area (Å²) in [6.07, 6.45) is 0. The monoisotopic (exact) mass is 193 g/mol. The van der Waals surface area contributed by atoms with Gasteiger partial charge in [-0.1, -0.05) is 10.2 Å². The quantitative estimate of drug-likeness (QED) is 0.167. The third-order valence-electron chi connectivity index (χ3n) is 1.00. The number of nitriles is 1. The number of carbonyl (C=O) groups excluding carboxylic acids is 1. The van der Waals surface area contributed by atoms with E-state index < -0.39 is 17.4 Å². The van der Waals surface area contributed by atoms with Gasteiger partial charge in [-0.05, 0) is 11.1 Å². The van der Waals surface area contributed by atoms with Crippen molar-refractivity contribution in [3.8, 4) is 6.07 Å². The highest BCUT2D eigenvalue weighted by Gasteiger charge is 2.13. The maximum atomic E-state index is 10.9. The number of hydrogen-bond acceptors (Lipinski definition) is 5. The van der Waals surface area contributed by atoms with Crippen LogP contribution in [-0.4, -0.2) is 13.1 Å². The Morgan fingerprint density at radius 2 is 1.93 bits per heavy atom. The number of methoxy groups -OCH3 is 1. The lowest BCUT2D eigenvalue weighted by Gasteiger charge is -1.96. The maximum absolute atomic E-state index is 10.9. The first-order valence-corrected chi connectivity index (χ1v) is 3.04. The van der Waals surface area contributed by atoms with E-state index in [-0.39, 0.29) is 0 Å². The van der Waals surface area contributed by atoms with Gasteiger partial charge in [0.15, 0.2) is 0 Å². The molecule has 0 N–H and O–H groups in total. The molecule has 0 saturated carbocycles. The van der Waals surface area contributed by atoms with Gasteiger partial charge < -0.3 is 4.74 Å². The Hall–Kier alpha value is -2.68. The van der Waals surface area contributed by atoms with Crippen LogP contribution >= 0.6 is 0 Å². The minimum absolute atomic E-state index is 0.650. The average molecular weight is 193 g/mol. The number of ether oxygens (including phenoxy) is 1. The lowest BCUT2D eigenvalue weighted by atomic mass is 10.3. The molecule has 9 nitrogen and oxygen atoms in total. The summed E-state index contributed by atoms with van der Waals surface area (Å²) in [6.45, 7) is 0. The SMILES string of the molecule is COC(=O)C(C#N)=C(N=[N+]=[N-])N=[N+]=[N-]. The molecule has 0 saturated heterocycles. The molecular weight excluding hydrogens is 190 g/mol. The van der Waals surface area contributed by atoms with E-state index in [1.54, 1.807) is 0 Å². The van der Waals surface area contributed by atoms with E-state index in [1.807, 2.05) is 0 Å². The molecule has 0 bridgehead atoms. The third-order valence-corrected chi connectivity index (χ3v) is 1.00. The molecule has 0 aromatic rings. The number of rotatable bonds is 3. The molecule has 70 valence electrons. The minimum Gasteiger partial charge on any atom is -0.465 e. The van der Waals surface area contributed by atoms with E-state index in [9.17, 15) is 4.79 Å². The van der Waals surface area contributed by atoms with Crippen LogP contribution in [0.3, 0.4) is 0 Å². The minimum atomic E-state index is -1.04. The van der Waals surface area contributed by atoms with Gasteiger partial charge >= 0.3 is 5.97 Å². The summed E-state index contributed by atoms with van der Waals surface area (Å²) in [5, 5.41) is 14.2. The van der Waals surface area contributed by atoms with E-state index >= 15 is 0 Å². The summed E-state index contributed by atoms with van der Waals surface area (Å²) in [4.78, 5) is 15.4. The highest BCUT2D eigenvalue weighted by atomic mass is 16.5. The zero-order chi connectivity index (χ0) is 11.0. The molecule has 0 heterocycles. The van der Waals surface area contributed by atoms with Gasteiger partial charge in [0.2, 0.25) is 0 Å². The molecule has 0 radical (unpaired) electrons. The molecule has 14 heavy (non-hydrogen) atoms. The predicted molar refractivity (Wildman–Crippen MR) is 42.9 cm³/mol. The molecule has 0 atom stereocenters. The summed E-state index contributed by atoms with van der Waals surface area (Å²) < 4.78 is 4.19. The third kappa shape index (κ3) is 2.75. The van der Waals surface area contributed by atoms with E-state index in [0.29, 0.717) is 0 Å². The highest BCUT2D eigenvalue weighted by molar-refractivity contribution is 5.93. The Labute approximate surface area is 77.4 Å². The van der Waals surface area contributed by atoms with Crippen LogP contribution in [-0.2, 0) is 9.53 Å². The van der Waals surface area contributed by atoms with Gasteiger partial charge in [-0.2, -0.15) is 5.26 Å². The summed E-state index contributed by atoms with van der Waals surface area (Å²) in [5.41, 5.74) is 15.4. The first-order chi connectivity index (χ1) is 6.71. The Morgan fingerprint density at radius 3 is 2.21 bits per heavy atom. The summed E-state index contributed by atoms with van der Waals surface area (Å²) >= 11 is 0. The second-order valence-electron chi connectivity index (χ2n) is 1.68. The fourth-order valence-corrected chi connectivity index (χ4v) is 0.494. The Bertz CT molecular complexity index is 384. The van der Waals surface area contributed by atoms with Crippen molar-refractivity contribution in [2.75, 3.05) is 7.11 Å². The van der Waals surface area contributed by atoms with E-state index in [2.05, 4.69) is 24.8 Å². The molecule has 0 unspecified atom stereocenters. The van der Waals surface area contributed by atoms with Crippen molar-refractivity contribution in [2.24, 2.45) is 10.2 Å². The molecular formula is C5H3N7O2. The topological polar surface area (TPSA) is 148 Å². The molecule has 9 heteroatoms. The number of nitrogens with zero attached hydrogens (tertiary/aromatic N) is 7. The second-order valence-corrected chi connectivity index (χ2v) is 1.68. The molecule has 0 aliphatic heterocycles. The normalized spacial score (nSPS) is 7.14. The predicted octanol–water partition coefficient (Wildman–Crippen LogP) is 1.52. The van der Waals surface area contributed by atoms with Gasteiger partial charge in [0.05, 0.1) is 7.11 Å². The van der Waals surface area contributed by atoms with E-state index in [4.69, 9.17) is 16.3 Å². The van der Waals surface area contributed by atoms with Crippen molar-refractivity contribution in [1.29, 1.82) is 5.26 Å². The van der Waals surface area contributed by atoms with Crippen LogP contribution in [0, 0.1) is 11.3 Å². The second kappa shape index (κ2) is 5.91. The number of hydrogen-bond donors (Lipinski definition) is 0. The first kappa shape index (κ1) is 11.3. The fraction of sp³-hybridized carbons (Fsp3) is 0.200. The van der Waals surface area contributed by atoms with Crippen molar-refractivity contribution < 1.29 is 9.53 Å². The van der Waals surface area contributed by atoms with Crippen LogP contribution in [0.1, 0.15) is 0 Å². The van der Waals surface area contributed by atoms with E-state index in [0.717, 1.165) is 7.11 Å². The van der Waals surface area contributed by atoms with Crippen molar-refractivity contribution in [3.05, 3.63) is 32.3 Å². The summed E-state index contributed by atoms with van der Waals surface area (Å²) in [6, 6.07) is 1.40. The molecule has 0 amide bonds. The van der Waals surface area contributed by atoms with Gasteiger partial charge in [-0.25, -0.2) is 4.79 Å². The molecule has 0 fully saturated rings. The molecule has 0 rings (SSSR count). The first-order valence-electron chi connectivity index (χ1n) is 3.04. The Balaban J connectivity index is 5.54. The largest absolute Gasteiger partial charge is 0.465 e. The van der Waals surface area contributed by atoms with Crippen molar-refractivity contribution >= 4 is 5.97 Å². The Morgan fingerprint density at radius 1 is 1.43 bits per heavy atom. The van der Waals surface area contributed by atoms with Gasteiger partial charge in [0, 0.05) is 9.82 Å². The lowest BCUT2D eigenvalue weighted by molar-refractivity contribution is -0.135. The zero-order valence-electron chi connectivity index (χ0n) is 6.95. The standard InChI is InChI=1S/C5H3N7O2/c1-14-5(13)3(2-6)4(9-11-7)10-12-8/h1H3. The van der Waals surface area contributed by atoms with Crippen LogP contribution in [0.2, 0.25) is 0 Å². The zero-order valence-corrected chi connectivity index (χ0v) is 6.95. The smallest absolute Gasteiger partial charge is 0.348 e. The fourth-order valence-electron chi connectivity index (χ4n) is 0.494. The number of azide groups is 1. The Kier molecular flexibility index (Phi) is 4.78. The van der Waals surface area contributed by atoms with Crippen LogP contribution in [0.5, 0.6) is 0 Å². The maximum Gasteiger partial charge on any atom is 0.348 e. The molecule has 0 aliphatic rings. The van der Waals surface area contributed by atoms with Crippen LogP contribution < -0.4 is 0 Å².